The molecule has 0 spiro atoms. The van der Waals surface area contributed by atoms with Gasteiger partial charge < -0.3 is 0 Å². The Morgan fingerprint density at radius 1 is 1.21 bits per heavy atom. The number of rotatable bonds is 8. The standard InChI is InChI=1S/C15H26N2OS/c1-5-7-9-15(18)17-13(4)14(12(3)16-17)11-19-10-8-6-2/h5-11H2,1-4H3. The number of hydrogen-bond acceptors (Lipinski definition) is 3. The zero-order valence-electron chi connectivity index (χ0n) is 12.7. The third-order valence-corrected chi connectivity index (χ3v) is 4.38. The van der Waals surface area contributed by atoms with Crippen molar-refractivity contribution >= 4 is 17.7 Å². The molecule has 0 atom stereocenters. The molecule has 1 aromatic rings. The molecule has 0 saturated carbocycles. The highest BCUT2D eigenvalue weighted by Crippen LogP contribution is 2.21. The lowest BCUT2D eigenvalue weighted by Gasteiger charge is -2.04. The summed E-state index contributed by atoms with van der Waals surface area (Å²) in [6.07, 6.45) is 5.08. The molecular formula is C15H26N2OS. The van der Waals surface area contributed by atoms with E-state index in [1.807, 2.05) is 25.6 Å². The van der Waals surface area contributed by atoms with Gasteiger partial charge in [0, 0.05) is 23.4 Å². The summed E-state index contributed by atoms with van der Waals surface area (Å²) in [5.74, 6) is 2.29. The monoisotopic (exact) mass is 282 g/mol. The summed E-state index contributed by atoms with van der Waals surface area (Å²) >= 11 is 1.94. The van der Waals surface area contributed by atoms with E-state index >= 15 is 0 Å². The summed E-state index contributed by atoms with van der Waals surface area (Å²) < 4.78 is 1.61. The van der Waals surface area contributed by atoms with Gasteiger partial charge in [0.15, 0.2) is 0 Å². The fourth-order valence-electron chi connectivity index (χ4n) is 1.98. The first-order valence-corrected chi connectivity index (χ1v) is 8.43. The van der Waals surface area contributed by atoms with Crippen molar-refractivity contribution in [3.63, 3.8) is 0 Å². The molecule has 0 aliphatic carbocycles. The molecule has 0 aliphatic heterocycles. The topological polar surface area (TPSA) is 34.9 Å². The average Bonchev–Trinajstić information content (AvgIpc) is 2.68. The van der Waals surface area contributed by atoms with Crippen LogP contribution in [0, 0.1) is 13.8 Å². The Balaban J connectivity index is 2.68. The maximum atomic E-state index is 12.1. The van der Waals surface area contributed by atoms with Crippen molar-refractivity contribution in [3.8, 4) is 0 Å². The van der Waals surface area contributed by atoms with Crippen molar-refractivity contribution in [2.75, 3.05) is 5.75 Å². The molecule has 1 aromatic heterocycles. The van der Waals surface area contributed by atoms with Crippen molar-refractivity contribution < 1.29 is 4.79 Å². The Bertz CT molecular complexity index is 413. The predicted molar refractivity (Wildman–Crippen MR) is 82.9 cm³/mol. The van der Waals surface area contributed by atoms with Crippen molar-refractivity contribution in [1.29, 1.82) is 0 Å². The quantitative estimate of drug-likeness (QED) is 0.664. The number of hydrogen-bond donors (Lipinski definition) is 0. The van der Waals surface area contributed by atoms with E-state index < -0.39 is 0 Å². The van der Waals surface area contributed by atoms with Gasteiger partial charge in [-0.3, -0.25) is 4.79 Å². The van der Waals surface area contributed by atoms with Crippen LogP contribution in [0.3, 0.4) is 0 Å². The van der Waals surface area contributed by atoms with Gasteiger partial charge in [-0.15, -0.1) is 0 Å². The van der Waals surface area contributed by atoms with Crippen LogP contribution in [-0.2, 0) is 5.75 Å². The lowest BCUT2D eigenvalue weighted by molar-refractivity contribution is 0.0881. The first-order chi connectivity index (χ1) is 9.11. The molecule has 0 aliphatic rings. The van der Waals surface area contributed by atoms with E-state index in [0.717, 1.165) is 30.0 Å². The Hall–Kier alpha value is -0.770. The summed E-state index contributed by atoms with van der Waals surface area (Å²) in [5.41, 5.74) is 3.28. The minimum atomic E-state index is 0.132. The van der Waals surface area contributed by atoms with Gasteiger partial charge in [-0.1, -0.05) is 26.7 Å². The molecule has 0 unspecified atom stereocenters. The molecule has 0 saturated heterocycles. The molecule has 0 aromatic carbocycles. The van der Waals surface area contributed by atoms with Gasteiger partial charge in [0.1, 0.15) is 0 Å². The van der Waals surface area contributed by atoms with Crippen LogP contribution < -0.4 is 0 Å². The molecule has 0 N–H and O–H groups in total. The van der Waals surface area contributed by atoms with Crippen molar-refractivity contribution in [1.82, 2.24) is 9.78 Å². The molecule has 1 heterocycles. The maximum absolute atomic E-state index is 12.1. The maximum Gasteiger partial charge on any atom is 0.247 e. The SMILES string of the molecule is CCCCSCc1c(C)nn(C(=O)CCCC)c1C. The summed E-state index contributed by atoms with van der Waals surface area (Å²) in [5, 5.41) is 4.42. The number of aryl methyl sites for hydroxylation is 1. The van der Waals surface area contributed by atoms with Crippen LogP contribution in [0.2, 0.25) is 0 Å². The fraction of sp³-hybridized carbons (Fsp3) is 0.733. The normalized spacial score (nSPS) is 10.9. The Labute approximate surface area is 121 Å². The summed E-state index contributed by atoms with van der Waals surface area (Å²) in [6.45, 7) is 8.33. The highest BCUT2D eigenvalue weighted by molar-refractivity contribution is 7.98. The predicted octanol–water partition coefficient (Wildman–Crippen LogP) is 4.36. The third-order valence-electron chi connectivity index (χ3n) is 3.31. The summed E-state index contributed by atoms with van der Waals surface area (Å²) in [7, 11) is 0. The molecule has 4 heteroatoms. The van der Waals surface area contributed by atoms with E-state index in [1.54, 1.807) is 4.68 Å². The molecule has 19 heavy (non-hydrogen) atoms. The number of carbonyl (C=O) groups is 1. The van der Waals surface area contributed by atoms with Crippen LogP contribution in [0.5, 0.6) is 0 Å². The van der Waals surface area contributed by atoms with Crippen LogP contribution in [-0.4, -0.2) is 21.4 Å². The van der Waals surface area contributed by atoms with Gasteiger partial charge in [0.05, 0.1) is 5.69 Å². The van der Waals surface area contributed by atoms with Gasteiger partial charge in [-0.05, 0) is 32.4 Å². The third kappa shape index (κ3) is 4.68. The molecule has 1 rings (SSSR count). The number of unbranched alkanes of at least 4 members (excludes halogenated alkanes) is 2. The largest absolute Gasteiger partial charge is 0.273 e. The van der Waals surface area contributed by atoms with Gasteiger partial charge >= 0.3 is 0 Å². The summed E-state index contributed by atoms with van der Waals surface area (Å²) in [4.78, 5) is 12.1. The van der Waals surface area contributed by atoms with Gasteiger partial charge in [-0.2, -0.15) is 16.9 Å². The minimum absolute atomic E-state index is 0.132. The Kier molecular flexibility index (Phi) is 7.21. The summed E-state index contributed by atoms with van der Waals surface area (Å²) in [6, 6.07) is 0. The van der Waals surface area contributed by atoms with Crippen LogP contribution in [0.15, 0.2) is 0 Å². The Morgan fingerprint density at radius 3 is 2.53 bits per heavy atom. The number of carbonyl (C=O) groups excluding carboxylic acids is 1. The number of nitrogens with zero attached hydrogens (tertiary/aromatic N) is 2. The smallest absolute Gasteiger partial charge is 0.247 e. The van der Waals surface area contributed by atoms with Crippen LogP contribution in [0.1, 0.15) is 67.7 Å². The van der Waals surface area contributed by atoms with E-state index in [0.29, 0.717) is 6.42 Å². The second kappa shape index (κ2) is 8.41. The van der Waals surface area contributed by atoms with E-state index in [1.165, 1.54) is 24.2 Å². The molecule has 108 valence electrons. The van der Waals surface area contributed by atoms with Crippen molar-refractivity contribution in [3.05, 3.63) is 17.0 Å². The van der Waals surface area contributed by atoms with E-state index in [4.69, 9.17) is 0 Å². The Morgan fingerprint density at radius 2 is 1.89 bits per heavy atom. The second-order valence-corrected chi connectivity index (χ2v) is 6.07. The lowest BCUT2D eigenvalue weighted by atomic mass is 10.2. The molecule has 0 amide bonds. The number of aromatic nitrogens is 2. The van der Waals surface area contributed by atoms with Crippen molar-refractivity contribution in [2.24, 2.45) is 0 Å². The van der Waals surface area contributed by atoms with E-state index in [2.05, 4.69) is 18.9 Å². The zero-order valence-corrected chi connectivity index (χ0v) is 13.5. The molecule has 0 fully saturated rings. The van der Waals surface area contributed by atoms with Crippen LogP contribution >= 0.6 is 11.8 Å². The second-order valence-electron chi connectivity index (χ2n) is 4.96. The molecular weight excluding hydrogens is 256 g/mol. The lowest BCUT2D eigenvalue weighted by Crippen LogP contribution is -2.13. The fourth-order valence-corrected chi connectivity index (χ4v) is 3.24. The zero-order chi connectivity index (χ0) is 14.3. The first kappa shape index (κ1) is 16.3. The number of thioether (sulfide) groups is 1. The molecule has 0 radical (unpaired) electrons. The highest BCUT2D eigenvalue weighted by atomic mass is 32.2. The van der Waals surface area contributed by atoms with Gasteiger partial charge in [-0.25, -0.2) is 4.68 Å². The average molecular weight is 282 g/mol. The van der Waals surface area contributed by atoms with Gasteiger partial charge in [0.25, 0.3) is 0 Å². The van der Waals surface area contributed by atoms with Crippen LogP contribution in [0.4, 0.5) is 0 Å². The van der Waals surface area contributed by atoms with Crippen LogP contribution in [0.25, 0.3) is 0 Å². The van der Waals surface area contributed by atoms with Crippen molar-refractivity contribution in [2.45, 2.75) is 65.6 Å². The highest BCUT2D eigenvalue weighted by Gasteiger charge is 2.15. The minimum Gasteiger partial charge on any atom is -0.273 e. The van der Waals surface area contributed by atoms with E-state index in [-0.39, 0.29) is 5.91 Å². The van der Waals surface area contributed by atoms with E-state index in [9.17, 15) is 4.79 Å². The molecule has 0 bridgehead atoms. The molecule has 3 nitrogen and oxygen atoms in total. The first-order valence-electron chi connectivity index (χ1n) is 7.27. The van der Waals surface area contributed by atoms with Gasteiger partial charge in [0.2, 0.25) is 5.91 Å².